The van der Waals surface area contributed by atoms with Gasteiger partial charge in [-0.3, -0.25) is 19.3 Å². The Hall–Kier alpha value is -2.74. The van der Waals surface area contributed by atoms with Crippen molar-refractivity contribution in [2.24, 2.45) is 11.8 Å². The summed E-state index contributed by atoms with van der Waals surface area (Å²) in [6, 6.07) is 7.08. The van der Waals surface area contributed by atoms with Gasteiger partial charge in [0.1, 0.15) is 5.54 Å². The Labute approximate surface area is 208 Å². The minimum atomic E-state index is -0.904. The third kappa shape index (κ3) is 4.85. The van der Waals surface area contributed by atoms with Gasteiger partial charge in [-0.2, -0.15) is 0 Å². The lowest BCUT2D eigenvalue weighted by Crippen LogP contribution is -2.57. The number of hydrogen-bond donors (Lipinski definition) is 1. The molecule has 0 radical (unpaired) electrons. The summed E-state index contributed by atoms with van der Waals surface area (Å²) in [7, 11) is 3.85. The molecule has 2 heterocycles. The van der Waals surface area contributed by atoms with Crippen LogP contribution in [-0.2, 0) is 9.59 Å². The van der Waals surface area contributed by atoms with Crippen LogP contribution in [-0.4, -0.2) is 84.1 Å². The van der Waals surface area contributed by atoms with Crippen LogP contribution in [0.4, 0.5) is 4.79 Å². The number of ketones is 1. The number of fused-ring (bicyclic) bond motifs is 1. The van der Waals surface area contributed by atoms with Crippen molar-refractivity contribution in [2.45, 2.75) is 57.4 Å². The van der Waals surface area contributed by atoms with Gasteiger partial charge in [0.15, 0.2) is 5.78 Å². The molecule has 1 N–H and O–H groups in total. The maximum atomic E-state index is 13.7. The molecule has 2 aliphatic heterocycles. The highest BCUT2D eigenvalue weighted by atomic mass is 16.2. The second kappa shape index (κ2) is 10.1. The minimum Gasteiger partial charge on any atom is -0.342 e. The summed E-state index contributed by atoms with van der Waals surface area (Å²) in [4.78, 5) is 57.5. The van der Waals surface area contributed by atoms with Gasteiger partial charge in [0.25, 0.3) is 5.91 Å². The molecule has 4 amide bonds. The van der Waals surface area contributed by atoms with E-state index in [4.69, 9.17) is 0 Å². The first-order valence-electron chi connectivity index (χ1n) is 12.8. The van der Waals surface area contributed by atoms with E-state index in [1.54, 1.807) is 6.07 Å². The summed E-state index contributed by atoms with van der Waals surface area (Å²) >= 11 is 0. The molecule has 0 saturated carbocycles. The average molecular weight is 483 g/mol. The Kier molecular flexibility index (Phi) is 7.31. The molecule has 0 aromatic heterocycles. The van der Waals surface area contributed by atoms with Crippen molar-refractivity contribution in [3.8, 4) is 0 Å². The van der Waals surface area contributed by atoms with E-state index in [0.717, 1.165) is 12.0 Å². The fourth-order valence-electron chi connectivity index (χ4n) is 5.81. The Balaban J connectivity index is 1.47. The summed E-state index contributed by atoms with van der Waals surface area (Å²) in [5.74, 6) is -0.131. The fourth-order valence-corrected chi connectivity index (χ4v) is 5.81. The molecule has 0 spiro atoms. The van der Waals surface area contributed by atoms with E-state index >= 15 is 0 Å². The van der Waals surface area contributed by atoms with Gasteiger partial charge in [0.2, 0.25) is 5.91 Å². The molecule has 8 nitrogen and oxygen atoms in total. The predicted octanol–water partition coefficient (Wildman–Crippen LogP) is 2.88. The van der Waals surface area contributed by atoms with E-state index in [2.05, 4.69) is 19.2 Å². The number of likely N-dealkylation sites (tertiary alicyclic amines) is 1. The van der Waals surface area contributed by atoms with E-state index in [9.17, 15) is 19.2 Å². The van der Waals surface area contributed by atoms with Crippen molar-refractivity contribution in [3.63, 3.8) is 0 Å². The number of carbonyl (C=O) groups excluding carboxylic acids is 4. The number of nitrogens with one attached hydrogen (secondary N) is 1. The number of likely N-dealkylation sites (N-methyl/N-ethyl adjacent to an activating group) is 1. The van der Waals surface area contributed by atoms with E-state index in [0.29, 0.717) is 56.9 Å². The smallest absolute Gasteiger partial charge is 0.325 e. The Morgan fingerprint density at radius 2 is 1.83 bits per heavy atom. The molecular weight excluding hydrogens is 444 g/mol. The van der Waals surface area contributed by atoms with Crippen LogP contribution in [0.25, 0.3) is 0 Å². The zero-order valence-corrected chi connectivity index (χ0v) is 21.4. The lowest BCUT2D eigenvalue weighted by atomic mass is 9.73. The molecule has 2 atom stereocenters. The number of hydrogen-bond acceptors (Lipinski definition) is 5. The van der Waals surface area contributed by atoms with Gasteiger partial charge in [-0.1, -0.05) is 38.1 Å². The quantitative estimate of drug-likeness (QED) is 0.576. The van der Waals surface area contributed by atoms with Crippen LogP contribution in [0.2, 0.25) is 0 Å². The number of rotatable bonds is 8. The second-order valence-corrected chi connectivity index (χ2v) is 11.0. The monoisotopic (exact) mass is 482 g/mol. The lowest BCUT2D eigenvalue weighted by molar-refractivity contribution is -0.137. The maximum absolute atomic E-state index is 13.7. The Bertz CT molecular complexity index is 999. The van der Waals surface area contributed by atoms with E-state index in [-0.39, 0.29) is 36.0 Å². The predicted molar refractivity (Wildman–Crippen MR) is 133 cm³/mol. The van der Waals surface area contributed by atoms with Gasteiger partial charge in [-0.05, 0) is 57.2 Å². The molecular formula is C27H38N4O4. The lowest BCUT2D eigenvalue weighted by Gasteiger charge is -2.41. The molecule has 1 aliphatic carbocycles. The molecule has 190 valence electrons. The molecule has 2 fully saturated rings. The molecule has 1 aromatic rings. The standard InChI is InChI=1S/C27H38N4O4/c1-18(2)9-12-27(25(34)31(26(35)28-27)16-15-29(3)4)19-10-13-30(14-11-19)24(33)22-17-23(32)21-8-6-5-7-20(21)22/h5-8,18-19,22H,9-17H2,1-4H3,(H,28,35)/t22-,27-/m0/s1. The minimum absolute atomic E-state index is 0.00706. The topological polar surface area (TPSA) is 90.0 Å². The summed E-state index contributed by atoms with van der Waals surface area (Å²) in [5, 5.41) is 3.10. The number of piperidine rings is 1. The fraction of sp³-hybridized carbons (Fsp3) is 0.630. The van der Waals surface area contributed by atoms with E-state index < -0.39 is 11.5 Å². The van der Waals surface area contributed by atoms with Crippen molar-refractivity contribution in [2.75, 3.05) is 40.3 Å². The van der Waals surface area contributed by atoms with Crippen molar-refractivity contribution in [1.29, 1.82) is 0 Å². The average Bonchev–Trinajstić information content (AvgIpc) is 3.30. The first-order valence-corrected chi connectivity index (χ1v) is 12.8. The maximum Gasteiger partial charge on any atom is 0.325 e. The van der Waals surface area contributed by atoms with Crippen LogP contribution < -0.4 is 5.32 Å². The van der Waals surface area contributed by atoms with Crippen LogP contribution in [0.1, 0.15) is 67.8 Å². The summed E-state index contributed by atoms with van der Waals surface area (Å²) in [6.45, 7) is 6.30. The van der Waals surface area contributed by atoms with E-state index in [1.807, 2.05) is 42.1 Å². The van der Waals surface area contributed by atoms with Crippen molar-refractivity contribution >= 4 is 23.6 Å². The molecule has 2 saturated heterocycles. The number of carbonyl (C=O) groups is 4. The van der Waals surface area contributed by atoms with Crippen LogP contribution in [0.15, 0.2) is 24.3 Å². The normalized spacial score (nSPS) is 25.1. The molecule has 0 bridgehead atoms. The van der Waals surface area contributed by atoms with Gasteiger partial charge in [-0.15, -0.1) is 0 Å². The molecule has 4 rings (SSSR count). The number of imide groups is 1. The van der Waals surface area contributed by atoms with Gasteiger partial charge in [0.05, 0.1) is 5.92 Å². The highest BCUT2D eigenvalue weighted by molar-refractivity contribution is 6.08. The molecule has 3 aliphatic rings. The SMILES string of the molecule is CC(C)CC[C@@]1(C2CCN(C(=O)[C@H]3CC(=O)c4ccccc43)CC2)NC(=O)N(CCN(C)C)C1=O. The largest absolute Gasteiger partial charge is 0.342 e. The first kappa shape index (κ1) is 25.4. The number of amides is 4. The zero-order chi connectivity index (χ0) is 25.3. The molecule has 8 heteroatoms. The van der Waals surface area contributed by atoms with Crippen molar-refractivity contribution in [1.82, 2.24) is 20.0 Å². The highest BCUT2D eigenvalue weighted by Crippen LogP contribution is 2.40. The molecule has 1 aromatic carbocycles. The van der Waals surface area contributed by atoms with E-state index in [1.165, 1.54) is 4.90 Å². The number of urea groups is 1. The van der Waals surface area contributed by atoms with Crippen molar-refractivity contribution in [3.05, 3.63) is 35.4 Å². The third-order valence-electron chi connectivity index (χ3n) is 7.92. The van der Waals surface area contributed by atoms with Gasteiger partial charge in [0, 0.05) is 38.2 Å². The summed E-state index contributed by atoms with van der Waals surface area (Å²) < 4.78 is 0. The summed E-state index contributed by atoms with van der Waals surface area (Å²) in [6.07, 6.45) is 2.98. The van der Waals surface area contributed by atoms with Crippen LogP contribution in [0.3, 0.4) is 0 Å². The third-order valence-corrected chi connectivity index (χ3v) is 7.92. The number of Topliss-reactive ketones (excluding diaryl/α,β-unsaturated/α-hetero) is 1. The highest BCUT2D eigenvalue weighted by Gasteiger charge is 2.55. The van der Waals surface area contributed by atoms with Gasteiger partial charge in [-0.25, -0.2) is 4.79 Å². The molecule has 0 unspecified atom stereocenters. The van der Waals surface area contributed by atoms with Crippen LogP contribution in [0.5, 0.6) is 0 Å². The van der Waals surface area contributed by atoms with Crippen LogP contribution >= 0.6 is 0 Å². The number of nitrogens with zero attached hydrogens (tertiary/aromatic N) is 3. The van der Waals surface area contributed by atoms with Crippen LogP contribution in [0, 0.1) is 11.8 Å². The summed E-state index contributed by atoms with van der Waals surface area (Å²) in [5.41, 5.74) is 0.580. The van der Waals surface area contributed by atoms with Gasteiger partial charge < -0.3 is 15.1 Å². The Morgan fingerprint density at radius 3 is 2.49 bits per heavy atom. The molecule has 35 heavy (non-hydrogen) atoms. The second-order valence-electron chi connectivity index (χ2n) is 11.0. The van der Waals surface area contributed by atoms with Crippen molar-refractivity contribution < 1.29 is 19.2 Å². The van der Waals surface area contributed by atoms with Gasteiger partial charge >= 0.3 is 6.03 Å². The Morgan fingerprint density at radius 1 is 1.14 bits per heavy atom. The zero-order valence-electron chi connectivity index (χ0n) is 21.4. The first-order chi connectivity index (χ1) is 16.6. The number of benzene rings is 1.